The number of unbranched alkanes of at least 4 members (excludes halogenated alkanes) is 1. The fourth-order valence-electron chi connectivity index (χ4n) is 1.40. The van der Waals surface area contributed by atoms with Crippen LogP contribution in [0.5, 0.6) is 0 Å². The molecule has 0 unspecified atom stereocenters. The molecule has 2 nitrogen and oxygen atoms in total. The van der Waals surface area contributed by atoms with Crippen molar-refractivity contribution in [3.63, 3.8) is 0 Å². The van der Waals surface area contributed by atoms with E-state index in [0.717, 1.165) is 0 Å². The lowest BCUT2D eigenvalue weighted by molar-refractivity contribution is -0.135. The molecule has 0 aliphatic heterocycles. The van der Waals surface area contributed by atoms with Gasteiger partial charge in [0.2, 0.25) is 0 Å². The average Bonchev–Trinajstić information content (AvgIpc) is 2.27. The molecule has 0 aliphatic rings. The second-order valence-electron chi connectivity index (χ2n) is 3.81. The highest BCUT2D eigenvalue weighted by Gasteiger charge is 2.25. The predicted octanol–water partition coefficient (Wildman–Crippen LogP) is 4.36. The van der Waals surface area contributed by atoms with Crippen molar-refractivity contribution in [2.24, 2.45) is 0 Å². The lowest BCUT2D eigenvalue weighted by atomic mass is 10.2. The van der Waals surface area contributed by atoms with E-state index in [4.69, 9.17) is 16.9 Å². The van der Waals surface area contributed by atoms with E-state index in [1.807, 2.05) is 6.07 Å². The van der Waals surface area contributed by atoms with Crippen LogP contribution < -0.4 is 5.32 Å². The fourth-order valence-corrected chi connectivity index (χ4v) is 1.62. The van der Waals surface area contributed by atoms with E-state index in [9.17, 15) is 13.2 Å². The third kappa shape index (κ3) is 5.28. The Morgan fingerprint density at radius 3 is 2.56 bits per heavy atom. The van der Waals surface area contributed by atoms with Gasteiger partial charge in [-0.25, -0.2) is 0 Å². The zero-order valence-corrected chi connectivity index (χ0v) is 10.3. The molecule has 0 radical (unpaired) electrons. The van der Waals surface area contributed by atoms with Gasteiger partial charge in [-0.05, 0) is 31.0 Å². The number of hydrogen-bond donors (Lipinski definition) is 1. The Morgan fingerprint density at radius 2 is 2.00 bits per heavy atom. The van der Waals surface area contributed by atoms with Crippen molar-refractivity contribution in [1.29, 1.82) is 5.26 Å². The molecule has 0 bridgehead atoms. The van der Waals surface area contributed by atoms with Gasteiger partial charge in [0.05, 0.1) is 10.6 Å². The Morgan fingerprint density at radius 1 is 1.28 bits per heavy atom. The van der Waals surface area contributed by atoms with Crippen LogP contribution in [0.1, 0.15) is 24.8 Å². The quantitative estimate of drug-likeness (QED) is 0.811. The lowest BCUT2D eigenvalue weighted by Crippen LogP contribution is -2.08. The molecule has 0 aliphatic carbocycles. The van der Waals surface area contributed by atoms with Crippen LogP contribution in [0.2, 0.25) is 5.02 Å². The highest BCUT2D eigenvalue weighted by atomic mass is 35.5. The molecule has 0 spiro atoms. The Bertz CT molecular complexity index is 438. The summed E-state index contributed by atoms with van der Waals surface area (Å²) in [6.45, 7) is 0.443. The van der Waals surface area contributed by atoms with Crippen LogP contribution in [0.15, 0.2) is 18.2 Å². The van der Waals surface area contributed by atoms with Crippen LogP contribution in [0.4, 0.5) is 18.9 Å². The molecule has 1 rings (SSSR count). The van der Waals surface area contributed by atoms with Gasteiger partial charge in [-0.15, -0.1) is 0 Å². The predicted molar refractivity (Wildman–Crippen MR) is 64.6 cm³/mol. The van der Waals surface area contributed by atoms with Crippen LogP contribution >= 0.6 is 11.6 Å². The summed E-state index contributed by atoms with van der Waals surface area (Å²) >= 11 is 5.82. The molecule has 0 heterocycles. The molecule has 0 saturated carbocycles. The number of benzene rings is 1. The maximum Gasteiger partial charge on any atom is 0.389 e. The zero-order chi connectivity index (χ0) is 13.6. The number of halogens is 4. The molecule has 1 aromatic carbocycles. The van der Waals surface area contributed by atoms with E-state index >= 15 is 0 Å². The Hall–Kier alpha value is -1.41. The van der Waals surface area contributed by atoms with Gasteiger partial charge in [0.15, 0.2) is 0 Å². The van der Waals surface area contributed by atoms with Gasteiger partial charge in [0, 0.05) is 18.7 Å². The SMILES string of the molecule is N#Cc1ccc(NCCCCC(F)(F)F)cc1Cl. The molecule has 0 amide bonds. The van der Waals surface area contributed by atoms with Gasteiger partial charge in [-0.1, -0.05) is 11.6 Å². The van der Waals surface area contributed by atoms with E-state index in [2.05, 4.69) is 5.32 Å². The van der Waals surface area contributed by atoms with Gasteiger partial charge in [-0.2, -0.15) is 18.4 Å². The number of nitrogens with one attached hydrogen (secondary N) is 1. The Labute approximate surface area is 108 Å². The average molecular weight is 277 g/mol. The van der Waals surface area contributed by atoms with Crippen molar-refractivity contribution in [2.45, 2.75) is 25.4 Å². The van der Waals surface area contributed by atoms with Gasteiger partial charge in [0.25, 0.3) is 0 Å². The van der Waals surface area contributed by atoms with Crippen LogP contribution in [0.3, 0.4) is 0 Å². The molecule has 6 heteroatoms. The summed E-state index contributed by atoms with van der Waals surface area (Å²) in [5, 5.41) is 12.0. The summed E-state index contributed by atoms with van der Waals surface area (Å²) in [7, 11) is 0. The molecule has 98 valence electrons. The lowest BCUT2D eigenvalue weighted by Gasteiger charge is -2.08. The van der Waals surface area contributed by atoms with Crippen LogP contribution in [-0.4, -0.2) is 12.7 Å². The van der Waals surface area contributed by atoms with Gasteiger partial charge in [0.1, 0.15) is 6.07 Å². The number of rotatable bonds is 5. The highest BCUT2D eigenvalue weighted by molar-refractivity contribution is 6.32. The number of alkyl halides is 3. The molecule has 1 aromatic rings. The van der Waals surface area contributed by atoms with Crippen LogP contribution in [-0.2, 0) is 0 Å². The first-order chi connectivity index (χ1) is 8.42. The van der Waals surface area contributed by atoms with E-state index in [0.29, 0.717) is 29.2 Å². The molecular formula is C12H12ClF3N2. The third-order valence-corrected chi connectivity index (χ3v) is 2.62. The molecule has 1 N–H and O–H groups in total. The van der Waals surface area contributed by atoms with E-state index in [1.165, 1.54) is 0 Å². The second-order valence-corrected chi connectivity index (χ2v) is 4.21. The zero-order valence-electron chi connectivity index (χ0n) is 9.52. The van der Waals surface area contributed by atoms with Gasteiger partial charge < -0.3 is 5.32 Å². The minimum atomic E-state index is -4.09. The normalized spacial score (nSPS) is 11.1. The summed E-state index contributed by atoms with van der Waals surface area (Å²) < 4.78 is 35.6. The molecular weight excluding hydrogens is 265 g/mol. The molecule has 0 saturated heterocycles. The first kappa shape index (κ1) is 14.7. The minimum Gasteiger partial charge on any atom is -0.385 e. The van der Waals surface area contributed by atoms with E-state index < -0.39 is 12.6 Å². The smallest absolute Gasteiger partial charge is 0.385 e. The van der Waals surface area contributed by atoms with Gasteiger partial charge in [-0.3, -0.25) is 0 Å². The Balaban J connectivity index is 2.32. The maximum atomic E-state index is 11.9. The highest BCUT2D eigenvalue weighted by Crippen LogP contribution is 2.23. The standard InChI is InChI=1S/C12H12ClF3N2/c13-11-7-10(4-3-9(11)8-17)18-6-2-1-5-12(14,15)16/h3-4,7,18H,1-2,5-6H2. The van der Waals surface area contributed by atoms with Crippen molar-refractivity contribution < 1.29 is 13.2 Å². The summed E-state index contributed by atoms with van der Waals surface area (Å²) in [4.78, 5) is 0. The van der Waals surface area contributed by atoms with E-state index in [-0.39, 0.29) is 6.42 Å². The topological polar surface area (TPSA) is 35.8 Å². The first-order valence-corrected chi connectivity index (χ1v) is 5.80. The third-order valence-electron chi connectivity index (χ3n) is 2.31. The molecule has 0 aromatic heterocycles. The largest absolute Gasteiger partial charge is 0.389 e. The summed E-state index contributed by atoms with van der Waals surface area (Å²) in [6, 6.07) is 6.76. The van der Waals surface area contributed by atoms with Crippen LogP contribution in [0, 0.1) is 11.3 Å². The summed E-state index contributed by atoms with van der Waals surface area (Å²) in [5.41, 5.74) is 1.07. The number of nitriles is 1. The Kier molecular flexibility index (Phi) is 5.29. The van der Waals surface area contributed by atoms with Crippen molar-refractivity contribution in [2.75, 3.05) is 11.9 Å². The van der Waals surface area contributed by atoms with E-state index in [1.54, 1.807) is 18.2 Å². The maximum absolute atomic E-state index is 11.9. The van der Waals surface area contributed by atoms with Crippen LogP contribution in [0.25, 0.3) is 0 Å². The number of nitrogens with zero attached hydrogens (tertiary/aromatic N) is 1. The van der Waals surface area contributed by atoms with Crippen molar-refractivity contribution in [1.82, 2.24) is 0 Å². The summed E-state index contributed by atoms with van der Waals surface area (Å²) in [5.74, 6) is 0. The number of anilines is 1. The second kappa shape index (κ2) is 6.50. The summed E-state index contributed by atoms with van der Waals surface area (Å²) in [6.07, 6.45) is -4.32. The fraction of sp³-hybridized carbons (Fsp3) is 0.417. The van der Waals surface area contributed by atoms with Crippen molar-refractivity contribution in [3.05, 3.63) is 28.8 Å². The number of hydrogen-bond acceptors (Lipinski definition) is 2. The first-order valence-electron chi connectivity index (χ1n) is 5.42. The minimum absolute atomic E-state index is 0.0977. The van der Waals surface area contributed by atoms with Gasteiger partial charge >= 0.3 is 6.18 Å². The monoisotopic (exact) mass is 276 g/mol. The van der Waals surface area contributed by atoms with Crippen molar-refractivity contribution in [3.8, 4) is 6.07 Å². The molecule has 0 fully saturated rings. The molecule has 0 atom stereocenters. The molecule has 18 heavy (non-hydrogen) atoms. The van der Waals surface area contributed by atoms with Crippen molar-refractivity contribution >= 4 is 17.3 Å².